The molecule has 2 amide bonds. The third-order valence-corrected chi connectivity index (χ3v) is 3.87. The number of fused-ring (bicyclic) bond motifs is 1. The number of aromatic nitrogens is 1. The van der Waals surface area contributed by atoms with E-state index in [4.69, 9.17) is 17.3 Å². The number of benzene rings is 2. The minimum atomic E-state index is -0.430. The molecule has 0 spiro atoms. The molecule has 0 unspecified atom stereocenters. The molecule has 0 aliphatic carbocycles. The van der Waals surface area contributed by atoms with E-state index in [1.807, 2.05) is 24.3 Å². The van der Waals surface area contributed by atoms with Gasteiger partial charge >= 0.3 is 0 Å². The van der Waals surface area contributed by atoms with Crippen molar-refractivity contribution in [3.05, 3.63) is 70.9 Å². The fraction of sp³-hybridized carbons (Fsp3) is 0.0556. The van der Waals surface area contributed by atoms with Crippen LogP contribution in [0.1, 0.15) is 15.9 Å². The Morgan fingerprint density at radius 3 is 2.60 bits per heavy atom. The number of rotatable bonds is 5. The summed E-state index contributed by atoms with van der Waals surface area (Å²) in [5.74, 6) is -0.769. The summed E-state index contributed by atoms with van der Waals surface area (Å²) in [4.78, 5) is 23.2. The number of halogens is 1. The average Bonchev–Trinajstić information content (AvgIpc) is 2.93. The Hall–Kier alpha value is -3.12. The SMILES string of the molecule is NC(=O)Cn1cc(/C=N/NC(=O)c2ccc(Cl)cc2)c2ccccc21. The monoisotopic (exact) mass is 354 g/mol. The van der Waals surface area contributed by atoms with Crippen LogP contribution in [0.25, 0.3) is 10.9 Å². The number of amides is 2. The van der Waals surface area contributed by atoms with Gasteiger partial charge in [-0.1, -0.05) is 29.8 Å². The zero-order valence-corrected chi connectivity index (χ0v) is 13.9. The van der Waals surface area contributed by atoms with E-state index < -0.39 is 5.91 Å². The lowest BCUT2D eigenvalue weighted by Crippen LogP contribution is -2.18. The van der Waals surface area contributed by atoms with Gasteiger partial charge in [0.25, 0.3) is 5.91 Å². The first kappa shape index (κ1) is 16.7. The first-order chi connectivity index (χ1) is 12.0. The minimum Gasteiger partial charge on any atom is -0.368 e. The molecular formula is C18H15ClN4O2. The Kier molecular flexibility index (Phi) is 4.81. The first-order valence-corrected chi connectivity index (χ1v) is 7.87. The maximum Gasteiger partial charge on any atom is 0.271 e. The van der Waals surface area contributed by atoms with E-state index in [2.05, 4.69) is 10.5 Å². The van der Waals surface area contributed by atoms with Crippen LogP contribution in [0.15, 0.2) is 59.8 Å². The molecule has 1 heterocycles. The molecular weight excluding hydrogens is 340 g/mol. The fourth-order valence-electron chi connectivity index (χ4n) is 2.50. The summed E-state index contributed by atoms with van der Waals surface area (Å²) in [6.45, 7) is 0.0749. The number of hydrazone groups is 1. The first-order valence-electron chi connectivity index (χ1n) is 7.50. The summed E-state index contributed by atoms with van der Waals surface area (Å²) in [6, 6.07) is 14.1. The van der Waals surface area contributed by atoms with Crippen LogP contribution in [0, 0.1) is 0 Å². The third-order valence-electron chi connectivity index (χ3n) is 3.62. The summed E-state index contributed by atoms with van der Waals surface area (Å²) in [7, 11) is 0. The molecule has 3 aromatic rings. The van der Waals surface area contributed by atoms with Crippen molar-refractivity contribution in [1.82, 2.24) is 9.99 Å². The zero-order valence-electron chi connectivity index (χ0n) is 13.1. The summed E-state index contributed by atoms with van der Waals surface area (Å²) < 4.78 is 1.75. The maximum atomic E-state index is 12.0. The normalized spacial score (nSPS) is 11.1. The van der Waals surface area contributed by atoms with E-state index in [1.54, 1.807) is 35.0 Å². The van der Waals surface area contributed by atoms with Crippen LogP contribution in [0.4, 0.5) is 0 Å². The molecule has 1 aromatic heterocycles. The second-order valence-electron chi connectivity index (χ2n) is 5.40. The highest BCUT2D eigenvalue weighted by Crippen LogP contribution is 2.19. The molecule has 0 radical (unpaired) electrons. The Morgan fingerprint density at radius 2 is 1.88 bits per heavy atom. The van der Waals surface area contributed by atoms with Gasteiger partial charge in [-0.3, -0.25) is 9.59 Å². The van der Waals surface area contributed by atoms with Crippen molar-refractivity contribution >= 4 is 40.5 Å². The van der Waals surface area contributed by atoms with E-state index in [9.17, 15) is 9.59 Å². The van der Waals surface area contributed by atoms with E-state index in [1.165, 1.54) is 6.21 Å². The lowest BCUT2D eigenvalue weighted by atomic mass is 10.2. The zero-order chi connectivity index (χ0) is 17.8. The molecule has 3 N–H and O–H groups in total. The summed E-state index contributed by atoms with van der Waals surface area (Å²) in [5, 5.41) is 5.46. The van der Waals surface area contributed by atoms with Crippen LogP contribution in [-0.2, 0) is 11.3 Å². The molecule has 0 saturated heterocycles. The van der Waals surface area contributed by atoms with Gasteiger partial charge in [0, 0.05) is 33.2 Å². The highest BCUT2D eigenvalue weighted by Gasteiger charge is 2.08. The highest BCUT2D eigenvalue weighted by atomic mass is 35.5. The predicted octanol–water partition coefficient (Wildman–Crippen LogP) is 2.54. The summed E-state index contributed by atoms with van der Waals surface area (Å²) >= 11 is 5.80. The van der Waals surface area contributed by atoms with Crippen molar-refractivity contribution in [2.75, 3.05) is 0 Å². The molecule has 3 rings (SSSR count). The molecule has 0 saturated carbocycles. The summed E-state index contributed by atoms with van der Waals surface area (Å²) in [6.07, 6.45) is 3.31. The van der Waals surface area contributed by atoms with Gasteiger partial charge in [0.15, 0.2) is 0 Å². The molecule has 0 atom stereocenters. The van der Waals surface area contributed by atoms with E-state index >= 15 is 0 Å². The second-order valence-corrected chi connectivity index (χ2v) is 5.84. The van der Waals surface area contributed by atoms with Gasteiger partial charge < -0.3 is 10.3 Å². The number of nitrogens with one attached hydrogen (secondary N) is 1. The maximum absolute atomic E-state index is 12.0. The largest absolute Gasteiger partial charge is 0.368 e. The number of hydrogen-bond acceptors (Lipinski definition) is 3. The van der Waals surface area contributed by atoms with E-state index in [0.29, 0.717) is 10.6 Å². The molecule has 7 heteroatoms. The topological polar surface area (TPSA) is 89.5 Å². The lowest BCUT2D eigenvalue weighted by Gasteiger charge is -2.00. The Labute approximate surface area is 148 Å². The van der Waals surface area contributed by atoms with Gasteiger partial charge in [-0.2, -0.15) is 5.10 Å². The number of hydrogen-bond donors (Lipinski definition) is 2. The fourth-order valence-corrected chi connectivity index (χ4v) is 2.63. The van der Waals surface area contributed by atoms with Crippen molar-refractivity contribution in [1.29, 1.82) is 0 Å². The minimum absolute atomic E-state index is 0.0749. The molecule has 6 nitrogen and oxygen atoms in total. The van der Waals surface area contributed by atoms with Gasteiger partial charge in [-0.05, 0) is 30.3 Å². The second kappa shape index (κ2) is 7.19. The van der Waals surface area contributed by atoms with Crippen LogP contribution in [0.2, 0.25) is 5.02 Å². The van der Waals surface area contributed by atoms with Crippen molar-refractivity contribution in [3.8, 4) is 0 Å². The van der Waals surface area contributed by atoms with E-state index in [0.717, 1.165) is 16.5 Å². The molecule has 126 valence electrons. The Balaban J connectivity index is 1.80. The number of primary amides is 1. The van der Waals surface area contributed by atoms with Crippen molar-refractivity contribution in [2.24, 2.45) is 10.8 Å². The molecule has 0 aliphatic rings. The average molecular weight is 355 g/mol. The molecule has 0 fully saturated rings. The van der Waals surface area contributed by atoms with Gasteiger partial charge in [-0.15, -0.1) is 0 Å². The standard InChI is InChI=1S/C18H15ClN4O2/c19-14-7-5-12(6-8-14)18(25)22-21-9-13-10-23(11-17(20)24)16-4-2-1-3-15(13)16/h1-10H,11H2,(H2,20,24)(H,22,25)/b21-9+. The third kappa shape index (κ3) is 3.87. The highest BCUT2D eigenvalue weighted by molar-refractivity contribution is 6.30. The number of carbonyl (C=O) groups excluding carboxylic acids is 2. The molecule has 0 bridgehead atoms. The van der Waals surface area contributed by atoms with Crippen molar-refractivity contribution < 1.29 is 9.59 Å². The predicted molar refractivity (Wildman–Crippen MR) is 97.6 cm³/mol. The van der Waals surface area contributed by atoms with E-state index in [-0.39, 0.29) is 12.5 Å². The van der Waals surface area contributed by atoms with Crippen molar-refractivity contribution in [2.45, 2.75) is 6.54 Å². The van der Waals surface area contributed by atoms with Gasteiger partial charge in [0.2, 0.25) is 5.91 Å². The number of carbonyl (C=O) groups is 2. The smallest absolute Gasteiger partial charge is 0.271 e. The van der Waals surface area contributed by atoms with Gasteiger partial charge in [0.05, 0.1) is 6.21 Å². The summed E-state index contributed by atoms with van der Waals surface area (Å²) in [5.41, 5.74) is 9.84. The van der Waals surface area contributed by atoms with Crippen molar-refractivity contribution in [3.63, 3.8) is 0 Å². The molecule has 0 aliphatic heterocycles. The quantitative estimate of drug-likeness (QED) is 0.544. The molecule has 2 aromatic carbocycles. The number of para-hydroxylation sites is 1. The Bertz CT molecular complexity index is 961. The van der Waals surface area contributed by atoms with Gasteiger partial charge in [0.1, 0.15) is 6.54 Å². The van der Waals surface area contributed by atoms with Crippen LogP contribution in [0.3, 0.4) is 0 Å². The number of nitrogens with zero attached hydrogens (tertiary/aromatic N) is 2. The van der Waals surface area contributed by atoms with Crippen LogP contribution in [-0.4, -0.2) is 22.6 Å². The Morgan fingerprint density at radius 1 is 1.16 bits per heavy atom. The van der Waals surface area contributed by atoms with Gasteiger partial charge in [-0.25, -0.2) is 5.43 Å². The van der Waals surface area contributed by atoms with Crippen LogP contribution >= 0.6 is 11.6 Å². The van der Waals surface area contributed by atoms with Crippen LogP contribution < -0.4 is 11.2 Å². The van der Waals surface area contributed by atoms with Crippen LogP contribution in [0.5, 0.6) is 0 Å². The molecule has 25 heavy (non-hydrogen) atoms. The lowest BCUT2D eigenvalue weighted by molar-refractivity contribution is -0.118. The number of nitrogens with two attached hydrogens (primary N) is 1.